The number of nitrogens with one attached hydrogen (secondary N) is 1. The molecule has 0 fully saturated rings. The second-order valence-electron chi connectivity index (χ2n) is 6.25. The number of likely N-dealkylation sites (N-methyl/N-ethyl adjacent to an activating group) is 1. The molecule has 1 N–H and O–H groups in total. The molecule has 6 nitrogen and oxygen atoms in total. The summed E-state index contributed by atoms with van der Waals surface area (Å²) in [4.78, 5) is 22.7. The zero-order valence-corrected chi connectivity index (χ0v) is 13.7. The lowest BCUT2D eigenvalue weighted by atomic mass is 9.91. The van der Waals surface area contributed by atoms with Crippen LogP contribution in [0.2, 0.25) is 0 Å². The molecule has 6 heteroatoms. The summed E-state index contributed by atoms with van der Waals surface area (Å²) in [6.07, 6.45) is 6.27. The molecule has 0 aromatic carbocycles. The molecule has 23 heavy (non-hydrogen) atoms. The van der Waals surface area contributed by atoms with Crippen molar-refractivity contribution in [2.75, 3.05) is 26.0 Å². The highest BCUT2D eigenvalue weighted by atomic mass is 16.1. The molecule has 2 aromatic rings. The van der Waals surface area contributed by atoms with Gasteiger partial charge in [-0.05, 0) is 45.0 Å². The Morgan fingerprint density at radius 2 is 2.09 bits per heavy atom. The highest BCUT2D eigenvalue weighted by molar-refractivity contribution is 5.31. The zero-order valence-electron chi connectivity index (χ0n) is 13.7. The van der Waals surface area contributed by atoms with Gasteiger partial charge >= 0.3 is 0 Å². The first-order valence-corrected chi connectivity index (χ1v) is 8.03. The van der Waals surface area contributed by atoms with Crippen LogP contribution in [-0.2, 0) is 19.4 Å². The Hall–Kier alpha value is -2.21. The molecular formula is C17H23N5O. The molecule has 2 heterocycles. The van der Waals surface area contributed by atoms with Gasteiger partial charge in [0.15, 0.2) is 0 Å². The van der Waals surface area contributed by atoms with E-state index < -0.39 is 0 Å². The summed E-state index contributed by atoms with van der Waals surface area (Å²) < 4.78 is 1.94. The van der Waals surface area contributed by atoms with Gasteiger partial charge in [0.05, 0.1) is 0 Å². The van der Waals surface area contributed by atoms with Crippen molar-refractivity contribution >= 4 is 5.95 Å². The molecule has 0 amide bonds. The van der Waals surface area contributed by atoms with E-state index in [1.165, 1.54) is 11.3 Å². The Kier molecular flexibility index (Phi) is 4.71. The van der Waals surface area contributed by atoms with E-state index in [1.54, 1.807) is 18.5 Å². The number of rotatable bonds is 5. The average molecular weight is 313 g/mol. The molecule has 0 saturated carbocycles. The van der Waals surface area contributed by atoms with Crippen LogP contribution in [0.4, 0.5) is 5.95 Å². The Balaban J connectivity index is 1.76. The maximum absolute atomic E-state index is 12.2. The van der Waals surface area contributed by atoms with Gasteiger partial charge in [-0.3, -0.25) is 4.79 Å². The largest absolute Gasteiger partial charge is 0.351 e. The Morgan fingerprint density at radius 1 is 1.30 bits per heavy atom. The minimum absolute atomic E-state index is 0.100. The van der Waals surface area contributed by atoms with Gasteiger partial charge in [0.2, 0.25) is 5.95 Å². The lowest BCUT2D eigenvalue weighted by Gasteiger charge is -2.28. The van der Waals surface area contributed by atoms with Crippen LogP contribution in [0.1, 0.15) is 17.7 Å². The summed E-state index contributed by atoms with van der Waals surface area (Å²) >= 11 is 0. The fourth-order valence-electron chi connectivity index (χ4n) is 3.05. The van der Waals surface area contributed by atoms with E-state index in [2.05, 4.69) is 20.2 Å². The molecule has 1 aliphatic rings. The molecule has 0 saturated heterocycles. The van der Waals surface area contributed by atoms with Gasteiger partial charge in [0.1, 0.15) is 0 Å². The van der Waals surface area contributed by atoms with E-state index in [9.17, 15) is 4.79 Å². The van der Waals surface area contributed by atoms with Crippen LogP contribution < -0.4 is 10.9 Å². The standard InChI is InChI=1S/C17H23N5O/c1-21(2)10-11-22-15-6-5-14(12-13(15)4-7-16(22)23)20-17-18-8-3-9-19-17/h3-4,7-9,14H,5-6,10-12H2,1-2H3,(H,18,19,20). The van der Waals surface area contributed by atoms with Crippen LogP contribution in [0.25, 0.3) is 0 Å². The topological polar surface area (TPSA) is 63.1 Å². The van der Waals surface area contributed by atoms with Crippen molar-refractivity contribution in [1.29, 1.82) is 0 Å². The van der Waals surface area contributed by atoms with E-state index in [1.807, 2.05) is 30.8 Å². The van der Waals surface area contributed by atoms with Crippen LogP contribution in [0.3, 0.4) is 0 Å². The molecule has 0 spiro atoms. The summed E-state index contributed by atoms with van der Waals surface area (Å²) in [6.45, 7) is 1.62. The van der Waals surface area contributed by atoms with Gasteiger partial charge < -0.3 is 14.8 Å². The fraction of sp³-hybridized carbons (Fsp3) is 0.471. The molecule has 3 rings (SSSR count). The number of pyridine rings is 1. The lowest BCUT2D eigenvalue weighted by Crippen LogP contribution is -2.35. The van der Waals surface area contributed by atoms with E-state index in [0.717, 1.165) is 32.4 Å². The Morgan fingerprint density at radius 3 is 2.83 bits per heavy atom. The third-order valence-corrected chi connectivity index (χ3v) is 4.26. The molecule has 1 atom stereocenters. The number of fused-ring (bicyclic) bond motifs is 1. The number of nitrogens with zero attached hydrogens (tertiary/aromatic N) is 4. The summed E-state index contributed by atoms with van der Waals surface area (Å²) in [6, 6.07) is 5.79. The number of hydrogen-bond donors (Lipinski definition) is 1. The van der Waals surface area contributed by atoms with Gasteiger partial charge in [0.25, 0.3) is 5.56 Å². The van der Waals surface area contributed by atoms with Gasteiger partial charge in [-0.25, -0.2) is 9.97 Å². The average Bonchev–Trinajstić information content (AvgIpc) is 2.55. The van der Waals surface area contributed by atoms with Crippen molar-refractivity contribution in [3.8, 4) is 0 Å². The summed E-state index contributed by atoms with van der Waals surface area (Å²) in [5, 5.41) is 3.39. The summed E-state index contributed by atoms with van der Waals surface area (Å²) in [7, 11) is 4.06. The molecule has 122 valence electrons. The van der Waals surface area contributed by atoms with Crippen molar-refractivity contribution in [2.45, 2.75) is 31.8 Å². The Labute approximate surface area is 136 Å². The monoisotopic (exact) mass is 313 g/mol. The van der Waals surface area contributed by atoms with E-state index in [-0.39, 0.29) is 5.56 Å². The van der Waals surface area contributed by atoms with Crippen molar-refractivity contribution in [1.82, 2.24) is 19.4 Å². The Bertz CT molecular complexity index is 711. The van der Waals surface area contributed by atoms with Crippen LogP contribution in [0.5, 0.6) is 0 Å². The summed E-state index contributed by atoms with van der Waals surface area (Å²) in [5.41, 5.74) is 2.54. The maximum atomic E-state index is 12.2. The first-order chi connectivity index (χ1) is 11.1. The van der Waals surface area contributed by atoms with Crippen LogP contribution in [-0.4, -0.2) is 46.1 Å². The normalized spacial score (nSPS) is 17.1. The molecular weight excluding hydrogens is 290 g/mol. The van der Waals surface area contributed by atoms with Gasteiger partial charge in [0, 0.05) is 43.3 Å². The first kappa shape index (κ1) is 15.7. The number of anilines is 1. The van der Waals surface area contributed by atoms with Gasteiger partial charge in [-0.15, -0.1) is 0 Å². The van der Waals surface area contributed by atoms with Crippen molar-refractivity contribution < 1.29 is 0 Å². The smallest absolute Gasteiger partial charge is 0.250 e. The SMILES string of the molecule is CN(C)CCn1c2c(ccc1=O)CC(Nc1ncccn1)CC2. The van der Waals surface area contributed by atoms with Crippen molar-refractivity contribution in [3.63, 3.8) is 0 Å². The second-order valence-corrected chi connectivity index (χ2v) is 6.25. The van der Waals surface area contributed by atoms with E-state index >= 15 is 0 Å². The quantitative estimate of drug-likeness (QED) is 0.898. The molecule has 2 aromatic heterocycles. The molecule has 1 aliphatic carbocycles. The molecule has 0 radical (unpaired) electrons. The highest BCUT2D eigenvalue weighted by Crippen LogP contribution is 2.22. The highest BCUT2D eigenvalue weighted by Gasteiger charge is 2.22. The molecule has 0 bridgehead atoms. The third-order valence-electron chi connectivity index (χ3n) is 4.26. The second kappa shape index (κ2) is 6.91. The molecule has 1 unspecified atom stereocenters. The van der Waals surface area contributed by atoms with Crippen molar-refractivity contribution in [3.05, 3.63) is 52.2 Å². The third kappa shape index (κ3) is 3.76. The van der Waals surface area contributed by atoms with Crippen LogP contribution in [0, 0.1) is 0 Å². The zero-order chi connectivity index (χ0) is 16.2. The van der Waals surface area contributed by atoms with Gasteiger partial charge in [-0.2, -0.15) is 0 Å². The summed E-state index contributed by atoms with van der Waals surface area (Å²) in [5.74, 6) is 0.668. The predicted molar refractivity (Wildman–Crippen MR) is 90.7 cm³/mol. The minimum atomic E-state index is 0.100. The van der Waals surface area contributed by atoms with E-state index in [4.69, 9.17) is 0 Å². The lowest BCUT2D eigenvalue weighted by molar-refractivity contribution is 0.374. The minimum Gasteiger partial charge on any atom is -0.351 e. The number of aromatic nitrogens is 3. The first-order valence-electron chi connectivity index (χ1n) is 8.03. The van der Waals surface area contributed by atoms with Crippen LogP contribution in [0.15, 0.2) is 35.4 Å². The van der Waals surface area contributed by atoms with Gasteiger partial charge in [-0.1, -0.05) is 6.07 Å². The van der Waals surface area contributed by atoms with Crippen molar-refractivity contribution in [2.24, 2.45) is 0 Å². The maximum Gasteiger partial charge on any atom is 0.250 e. The van der Waals surface area contributed by atoms with Crippen LogP contribution >= 0.6 is 0 Å². The van der Waals surface area contributed by atoms with E-state index in [0.29, 0.717) is 12.0 Å². The molecule has 0 aliphatic heterocycles. The predicted octanol–water partition coefficient (Wildman–Crippen LogP) is 1.17. The fourth-order valence-corrected chi connectivity index (χ4v) is 3.05. The number of hydrogen-bond acceptors (Lipinski definition) is 5.